The zero-order valence-corrected chi connectivity index (χ0v) is 17.6. The van der Waals surface area contributed by atoms with Gasteiger partial charge in [-0.2, -0.15) is 0 Å². The SMILES string of the molecule is CCNC(=NCc1ccon1)NCC(O)c1ccc(OC(C)C)cc1.I. The molecule has 26 heavy (non-hydrogen) atoms. The van der Waals surface area contributed by atoms with Crippen LogP contribution in [0.3, 0.4) is 0 Å². The van der Waals surface area contributed by atoms with Crippen molar-refractivity contribution in [3.05, 3.63) is 47.9 Å². The Morgan fingerprint density at radius 1 is 1.23 bits per heavy atom. The largest absolute Gasteiger partial charge is 0.491 e. The molecule has 0 aliphatic carbocycles. The fourth-order valence-corrected chi connectivity index (χ4v) is 2.17. The minimum atomic E-state index is -0.649. The summed E-state index contributed by atoms with van der Waals surface area (Å²) >= 11 is 0. The minimum Gasteiger partial charge on any atom is -0.491 e. The van der Waals surface area contributed by atoms with Crippen LogP contribution in [-0.4, -0.2) is 35.4 Å². The summed E-state index contributed by atoms with van der Waals surface area (Å²) in [6.45, 7) is 7.41. The lowest BCUT2D eigenvalue weighted by molar-refractivity contribution is 0.180. The molecule has 0 saturated carbocycles. The van der Waals surface area contributed by atoms with Crippen LogP contribution in [0.25, 0.3) is 0 Å². The number of hydrogen-bond donors (Lipinski definition) is 3. The average Bonchev–Trinajstić information content (AvgIpc) is 3.10. The summed E-state index contributed by atoms with van der Waals surface area (Å²) in [6.07, 6.45) is 0.992. The van der Waals surface area contributed by atoms with Crippen LogP contribution in [0.2, 0.25) is 0 Å². The van der Waals surface area contributed by atoms with E-state index in [-0.39, 0.29) is 30.1 Å². The first-order chi connectivity index (χ1) is 12.1. The number of nitrogens with zero attached hydrogens (tertiary/aromatic N) is 2. The molecule has 0 amide bonds. The topological polar surface area (TPSA) is 91.9 Å². The van der Waals surface area contributed by atoms with Crippen LogP contribution in [0, 0.1) is 0 Å². The van der Waals surface area contributed by atoms with Gasteiger partial charge in [-0.25, -0.2) is 4.99 Å². The molecule has 0 fully saturated rings. The number of benzene rings is 1. The zero-order chi connectivity index (χ0) is 18.1. The third-order valence-electron chi connectivity index (χ3n) is 3.33. The Hall–Kier alpha value is -1.81. The highest BCUT2D eigenvalue weighted by Gasteiger charge is 2.09. The normalized spacial score (nSPS) is 12.4. The molecular formula is C18H27IN4O3. The van der Waals surface area contributed by atoms with Gasteiger partial charge < -0.3 is 25.0 Å². The Bertz CT molecular complexity index is 645. The summed E-state index contributed by atoms with van der Waals surface area (Å²) in [7, 11) is 0. The van der Waals surface area contributed by atoms with Crippen molar-refractivity contribution in [2.24, 2.45) is 4.99 Å². The summed E-state index contributed by atoms with van der Waals surface area (Å²) < 4.78 is 10.4. The molecule has 3 N–H and O–H groups in total. The van der Waals surface area contributed by atoms with Gasteiger partial charge in [0, 0.05) is 19.2 Å². The fourth-order valence-electron chi connectivity index (χ4n) is 2.17. The Morgan fingerprint density at radius 2 is 1.96 bits per heavy atom. The van der Waals surface area contributed by atoms with Crippen molar-refractivity contribution in [1.29, 1.82) is 0 Å². The van der Waals surface area contributed by atoms with E-state index in [2.05, 4.69) is 20.8 Å². The second-order valence-electron chi connectivity index (χ2n) is 5.82. The first-order valence-corrected chi connectivity index (χ1v) is 8.44. The molecule has 2 aromatic rings. The van der Waals surface area contributed by atoms with Crippen LogP contribution in [0.5, 0.6) is 5.75 Å². The molecule has 0 saturated heterocycles. The van der Waals surface area contributed by atoms with Gasteiger partial charge in [0.1, 0.15) is 17.7 Å². The van der Waals surface area contributed by atoms with E-state index >= 15 is 0 Å². The predicted octanol–water partition coefficient (Wildman–Crippen LogP) is 2.87. The van der Waals surface area contributed by atoms with Crippen molar-refractivity contribution >= 4 is 29.9 Å². The van der Waals surface area contributed by atoms with E-state index < -0.39 is 6.10 Å². The van der Waals surface area contributed by atoms with E-state index in [0.717, 1.165) is 23.6 Å². The van der Waals surface area contributed by atoms with Gasteiger partial charge in [-0.1, -0.05) is 17.3 Å². The maximum Gasteiger partial charge on any atom is 0.191 e. The molecule has 0 spiro atoms. The number of hydrogen-bond acceptors (Lipinski definition) is 5. The lowest BCUT2D eigenvalue weighted by atomic mass is 10.1. The monoisotopic (exact) mass is 474 g/mol. The maximum absolute atomic E-state index is 10.3. The highest BCUT2D eigenvalue weighted by atomic mass is 127. The fraction of sp³-hybridized carbons (Fsp3) is 0.444. The van der Waals surface area contributed by atoms with Gasteiger partial charge in [0.15, 0.2) is 5.96 Å². The lowest BCUT2D eigenvalue weighted by Crippen LogP contribution is -2.39. The number of halogens is 1. The smallest absolute Gasteiger partial charge is 0.191 e. The molecule has 7 nitrogen and oxygen atoms in total. The van der Waals surface area contributed by atoms with E-state index in [0.29, 0.717) is 19.0 Å². The first-order valence-electron chi connectivity index (χ1n) is 8.44. The number of ether oxygens (including phenoxy) is 1. The average molecular weight is 474 g/mol. The second-order valence-corrected chi connectivity index (χ2v) is 5.82. The van der Waals surface area contributed by atoms with Crippen LogP contribution in [0.1, 0.15) is 38.1 Å². The van der Waals surface area contributed by atoms with Gasteiger partial charge in [-0.05, 0) is 38.5 Å². The van der Waals surface area contributed by atoms with E-state index in [1.165, 1.54) is 6.26 Å². The van der Waals surface area contributed by atoms with Crippen LogP contribution >= 0.6 is 24.0 Å². The maximum atomic E-state index is 10.3. The van der Waals surface area contributed by atoms with Crippen molar-refractivity contribution in [3.8, 4) is 5.75 Å². The Morgan fingerprint density at radius 3 is 2.54 bits per heavy atom. The van der Waals surface area contributed by atoms with Gasteiger partial charge in [0.2, 0.25) is 0 Å². The molecular weight excluding hydrogens is 447 g/mol. The number of nitrogens with one attached hydrogen (secondary N) is 2. The summed E-state index contributed by atoms with van der Waals surface area (Å²) in [5.41, 5.74) is 1.56. The number of aromatic nitrogens is 1. The number of aliphatic hydroxyl groups excluding tert-OH is 1. The van der Waals surface area contributed by atoms with Crippen LogP contribution in [-0.2, 0) is 6.54 Å². The van der Waals surface area contributed by atoms with Crippen LogP contribution < -0.4 is 15.4 Å². The molecule has 1 heterocycles. The number of guanidine groups is 1. The van der Waals surface area contributed by atoms with E-state index in [9.17, 15) is 5.11 Å². The van der Waals surface area contributed by atoms with Crippen molar-refractivity contribution in [2.75, 3.05) is 13.1 Å². The molecule has 0 radical (unpaired) electrons. The Labute approximate surface area is 171 Å². The van der Waals surface area contributed by atoms with E-state index in [1.807, 2.05) is 45.0 Å². The molecule has 1 atom stereocenters. The van der Waals surface area contributed by atoms with Gasteiger partial charge in [0.25, 0.3) is 0 Å². The standard InChI is InChI=1S/C18H26N4O3.HI/c1-4-19-18(20-11-15-9-10-24-22-15)21-12-17(23)14-5-7-16(8-6-14)25-13(2)3;/h5-10,13,17,23H,4,11-12H2,1-3H3,(H2,19,20,21);1H. The van der Waals surface area contributed by atoms with E-state index in [1.54, 1.807) is 6.07 Å². The molecule has 1 aromatic carbocycles. The number of rotatable bonds is 8. The zero-order valence-electron chi connectivity index (χ0n) is 15.3. The Balaban J connectivity index is 0.00000338. The third-order valence-corrected chi connectivity index (χ3v) is 3.33. The summed E-state index contributed by atoms with van der Waals surface area (Å²) in [4.78, 5) is 4.41. The van der Waals surface area contributed by atoms with Crippen LogP contribution in [0.15, 0.2) is 46.1 Å². The second kappa shape index (κ2) is 11.7. The third kappa shape index (κ3) is 7.61. The molecule has 0 aliphatic heterocycles. The highest BCUT2D eigenvalue weighted by molar-refractivity contribution is 14.0. The molecule has 0 aliphatic rings. The summed E-state index contributed by atoms with van der Waals surface area (Å²) in [5.74, 6) is 1.41. The van der Waals surface area contributed by atoms with Gasteiger partial charge >= 0.3 is 0 Å². The Kier molecular flexibility index (Phi) is 10.0. The molecule has 1 unspecified atom stereocenters. The number of aliphatic hydroxyl groups is 1. The van der Waals surface area contributed by atoms with Crippen molar-refractivity contribution < 1.29 is 14.4 Å². The van der Waals surface area contributed by atoms with Gasteiger partial charge in [0.05, 0.1) is 18.8 Å². The van der Waals surface area contributed by atoms with Crippen molar-refractivity contribution in [1.82, 2.24) is 15.8 Å². The molecule has 0 bridgehead atoms. The van der Waals surface area contributed by atoms with Crippen molar-refractivity contribution in [2.45, 2.75) is 39.5 Å². The molecule has 8 heteroatoms. The van der Waals surface area contributed by atoms with Crippen molar-refractivity contribution in [3.63, 3.8) is 0 Å². The van der Waals surface area contributed by atoms with E-state index in [4.69, 9.17) is 9.26 Å². The van der Waals surface area contributed by atoms with Crippen LogP contribution in [0.4, 0.5) is 0 Å². The predicted molar refractivity (Wildman–Crippen MR) is 112 cm³/mol. The minimum absolute atomic E-state index is 0. The lowest BCUT2D eigenvalue weighted by Gasteiger charge is -2.16. The van der Waals surface area contributed by atoms with Gasteiger partial charge in [-0.3, -0.25) is 0 Å². The highest BCUT2D eigenvalue weighted by Crippen LogP contribution is 2.18. The van der Waals surface area contributed by atoms with Gasteiger partial charge in [-0.15, -0.1) is 24.0 Å². The summed E-state index contributed by atoms with van der Waals surface area (Å²) in [6, 6.07) is 9.22. The quantitative estimate of drug-likeness (QED) is 0.310. The molecule has 2 rings (SSSR count). The molecule has 1 aromatic heterocycles. The first kappa shape index (κ1) is 22.2. The number of aliphatic imine (C=N–C) groups is 1. The summed E-state index contributed by atoms with van der Waals surface area (Å²) in [5, 5.41) is 20.4. The molecule has 144 valence electrons.